The average molecular weight is 776 g/mol. The number of carbonyl (C=O) groups is 5. The van der Waals surface area contributed by atoms with Gasteiger partial charge in [-0.25, -0.2) is 14.4 Å². The molecule has 0 saturated carbocycles. The fourth-order valence-corrected chi connectivity index (χ4v) is 3.91. The van der Waals surface area contributed by atoms with Gasteiger partial charge in [-0.3, -0.25) is 9.59 Å². The molecule has 0 atom stereocenters. The minimum Gasteiger partial charge on any atom is -0.478 e. The number of carboxylic acid groups (broad SMARTS) is 2. The van der Waals surface area contributed by atoms with Gasteiger partial charge in [-0.15, -0.1) is 0 Å². The Kier molecular flexibility index (Phi) is 27.0. The van der Waals surface area contributed by atoms with Crippen LogP contribution in [-0.2, 0) is 52.2 Å². The van der Waals surface area contributed by atoms with Gasteiger partial charge in [0.2, 0.25) is 11.8 Å². The molecule has 308 valence electrons. The molecule has 0 heterocycles. The Morgan fingerprint density at radius 1 is 0.500 bits per heavy atom. The zero-order chi connectivity index (χ0) is 39.9. The predicted octanol–water partition coefficient (Wildman–Crippen LogP) is 1.58. The van der Waals surface area contributed by atoms with E-state index in [1.54, 1.807) is 20.8 Å². The maximum atomic E-state index is 12.1. The molecule has 0 unspecified atom stereocenters. The van der Waals surface area contributed by atoms with Crippen molar-refractivity contribution in [3.05, 3.63) is 29.3 Å². The molecule has 0 spiro atoms. The molecule has 0 aliphatic rings. The standard InChI is InChI=1S/C35H57N3O16/c1-35(2,3)54-34(45)37-7-11-49-15-19-53-23-20-50-16-12-46-8-4-30(39)36-6-10-48-14-18-52-22-21-51-17-13-47-9-5-31(40)38-29-25-27(32(41)42)24-28(26-29)33(43)44/h24-26H,4-23H2,1-3H3,(H,36,39)(H,37,45)(H,38,40)(H,41,42)(H,43,44). The van der Waals surface area contributed by atoms with E-state index in [-0.39, 0.29) is 62.0 Å². The minimum atomic E-state index is -1.31. The van der Waals surface area contributed by atoms with Crippen LogP contribution in [0.25, 0.3) is 0 Å². The molecule has 0 bridgehead atoms. The summed E-state index contributed by atoms with van der Waals surface area (Å²) in [6.45, 7) is 11.5. The van der Waals surface area contributed by atoms with Crippen molar-refractivity contribution in [1.82, 2.24) is 10.6 Å². The highest BCUT2D eigenvalue weighted by Crippen LogP contribution is 2.16. The third kappa shape index (κ3) is 28.5. The number of anilines is 1. The van der Waals surface area contributed by atoms with E-state index in [0.29, 0.717) is 92.4 Å². The van der Waals surface area contributed by atoms with E-state index in [2.05, 4.69) is 16.0 Å². The quantitative estimate of drug-likeness (QED) is 0.0636. The first-order valence-corrected chi connectivity index (χ1v) is 17.6. The van der Waals surface area contributed by atoms with Crippen molar-refractivity contribution in [2.75, 3.05) is 124 Å². The topological polar surface area (TPSA) is 245 Å². The van der Waals surface area contributed by atoms with Crippen LogP contribution >= 0.6 is 0 Å². The van der Waals surface area contributed by atoms with Crippen molar-refractivity contribution in [2.24, 2.45) is 0 Å². The molecule has 1 aromatic carbocycles. The number of benzene rings is 1. The largest absolute Gasteiger partial charge is 0.478 e. The van der Waals surface area contributed by atoms with Crippen LogP contribution in [0.2, 0.25) is 0 Å². The molecule has 1 rings (SSSR count). The second kappa shape index (κ2) is 30.4. The van der Waals surface area contributed by atoms with E-state index >= 15 is 0 Å². The van der Waals surface area contributed by atoms with Crippen molar-refractivity contribution < 1.29 is 76.8 Å². The van der Waals surface area contributed by atoms with Gasteiger partial charge in [-0.1, -0.05) is 0 Å². The van der Waals surface area contributed by atoms with Crippen LogP contribution in [0.1, 0.15) is 54.3 Å². The van der Waals surface area contributed by atoms with Gasteiger partial charge in [0.05, 0.1) is 123 Å². The molecule has 0 radical (unpaired) electrons. The number of rotatable bonds is 33. The van der Waals surface area contributed by atoms with E-state index in [1.165, 1.54) is 12.1 Å². The first-order valence-electron chi connectivity index (χ1n) is 17.6. The summed E-state index contributed by atoms with van der Waals surface area (Å²) < 4.78 is 48.3. The lowest BCUT2D eigenvalue weighted by Gasteiger charge is -2.19. The Balaban J connectivity index is 1.81. The number of aromatic carboxylic acids is 2. The van der Waals surface area contributed by atoms with Crippen LogP contribution in [0.3, 0.4) is 0 Å². The van der Waals surface area contributed by atoms with Gasteiger partial charge in [0.15, 0.2) is 0 Å². The van der Waals surface area contributed by atoms with Gasteiger partial charge >= 0.3 is 18.0 Å². The maximum Gasteiger partial charge on any atom is 0.407 e. The second-order valence-electron chi connectivity index (χ2n) is 12.1. The molecule has 19 heteroatoms. The number of nitrogens with one attached hydrogen (secondary N) is 3. The number of carbonyl (C=O) groups excluding carboxylic acids is 3. The fourth-order valence-electron chi connectivity index (χ4n) is 3.91. The Morgan fingerprint density at radius 3 is 1.24 bits per heavy atom. The van der Waals surface area contributed by atoms with Gasteiger partial charge in [0.25, 0.3) is 0 Å². The second-order valence-corrected chi connectivity index (χ2v) is 12.1. The van der Waals surface area contributed by atoms with Crippen molar-refractivity contribution >= 4 is 35.5 Å². The van der Waals surface area contributed by atoms with Crippen LogP contribution < -0.4 is 16.0 Å². The highest BCUT2D eigenvalue weighted by atomic mass is 16.6. The van der Waals surface area contributed by atoms with E-state index in [1.807, 2.05) is 0 Å². The molecule has 0 aromatic heterocycles. The van der Waals surface area contributed by atoms with E-state index < -0.39 is 29.5 Å². The third-order valence-corrected chi connectivity index (χ3v) is 6.37. The van der Waals surface area contributed by atoms with Crippen LogP contribution in [0.4, 0.5) is 10.5 Å². The summed E-state index contributed by atoms with van der Waals surface area (Å²) in [5.41, 5.74) is -0.972. The summed E-state index contributed by atoms with van der Waals surface area (Å²) >= 11 is 0. The highest BCUT2D eigenvalue weighted by Gasteiger charge is 2.15. The van der Waals surface area contributed by atoms with Crippen LogP contribution in [0, 0.1) is 0 Å². The third-order valence-electron chi connectivity index (χ3n) is 6.37. The summed E-state index contributed by atoms with van der Waals surface area (Å²) in [6.07, 6.45) is -0.273. The molecular formula is C35H57N3O16. The molecule has 54 heavy (non-hydrogen) atoms. The van der Waals surface area contributed by atoms with Crippen molar-refractivity contribution in [2.45, 2.75) is 39.2 Å². The molecule has 1 aromatic rings. The normalized spacial score (nSPS) is 11.2. The molecule has 5 N–H and O–H groups in total. The molecular weight excluding hydrogens is 718 g/mol. The Hall–Kier alpha value is -3.95. The van der Waals surface area contributed by atoms with Crippen molar-refractivity contribution in [3.8, 4) is 0 Å². The summed E-state index contributed by atoms with van der Waals surface area (Å²) in [7, 11) is 0. The molecule has 0 aliphatic carbocycles. The monoisotopic (exact) mass is 775 g/mol. The average Bonchev–Trinajstić information content (AvgIpc) is 3.10. The smallest absolute Gasteiger partial charge is 0.407 e. The molecule has 0 fully saturated rings. The molecule has 3 amide bonds. The summed E-state index contributed by atoms with van der Waals surface area (Å²) in [4.78, 5) is 57.8. The number of hydrogen-bond donors (Lipinski definition) is 5. The highest BCUT2D eigenvalue weighted by molar-refractivity contribution is 5.98. The number of hydrogen-bond acceptors (Lipinski definition) is 14. The van der Waals surface area contributed by atoms with E-state index in [0.717, 1.165) is 6.07 Å². The van der Waals surface area contributed by atoms with Gasteiger partial charge in [-0.05, 0) is 39.0 Å². The lowest BCUT2D eigenvalue weighted by atomic mass is 10.1. The van der Waals surface area contributed by atoms with Crippen LogP contribution in [0.15, 0.2) is 18.2 Å². The Labute approximate surface area is 315 Å². The lowest BCUT2D eigenvalue weighted by Crippen LogP contribution is -2.34. The summed E-state index contributed by atoms with van der Waals surface area (Å²) in [6, 6.07) is 3.36. The van der Waals surface area contributed by atoms with E-state index in [9.17, 15) is 24.0 Å². The van der Waals surface area contributed by atoms with Crippen LogP contribution in [0.5, 0.6) is 0 Å². The number of carboxylic acids is 2. The summed E-state index contributed by atoms with van der Waals surface area (Å²) in [5.74, 6) is -3.22. The predicted molar refractivity (Wildman–Crippen MR) is 192 cm³/mol. The van der Waals surface area contributed by atoms with E-state index in [4.69, 9.17) is 52.8 Å². The summed E-state index contributed by atoms with van der Waals surface area (Å²) in [5, 5.41) is 26.1. The Morgan fingerprint density at radius 2 is 0.852 bits per heavy atom. The number of amides is 3. The zero-order valence-corrected chi connectivity index (χ0v) is 31.5. The van der Waals surface area contributed by atoms with Gasteiger partial charge in [0.1, 0.15) is 5.60 Å². The van der Waals surface area contributed by atoms with Crippen LogP contribution in [-0.4, -0.2) is 164 Å². The molecule has 0 aliphatic heterocycles. The molecule has 19 nitrogen and oxygen atoms in total. The van der Waals surface area contributed by atoms with Crippen molar-refractivity contribution in [1.29, 1.82) is 0 Å². The SMILES string of the molecule is CC(C)(C)OC(=O)NCCOCCOCCOCCOCCC(=O)NCCOCCOCCOCCOCCC(=O)Nc1cc(C(=O)O)cc(C(=O)O)c1. The molecule has 0 saturated heterocycles. The number of alkyl carbamates (subject to hydrolysis) is 1. The van der Waals surface area contributed by atoms with Gasteiger partial charge < -0.3 is 68.8 Å². The zero-order valence-electron chi connectivity index (χ0n) is 31.5. The number of ether oxygens (including phenoxy) is 9. The van der Waals surface area contributed by atoms with Gasteiger partial charge in [-0.2, -0.15) is 0 Å². The first kappa shape index (κ1) is 48.1. The van der Waals surface area contributed by atoms with Crippen molar-refractivity contribution in [3.63, 3.8) is 0 Å². The van der Waals surface area contributed by atoms with Gasteiger partial charge in [0, 0.05) is 25.2 Å². The maximum absolute atomic E-state index is 12.1. The Bertz CT molecular complexity index is 1200. The first-order chi connectivity index (χ1) is 25.9. The lowest BCUT2D eigenvalue weighted by molar-refractivity contribution is -0.122. The minimum absolute atomic E-state index is 0.0181. The fraction of sp³-hybridized carbons (Fsp3) is 0.686.